The molecule has 0 aromatic rings. The van der Waals surface area contributed by atoms with Crippen LogP contribution in [0.5, 0.6) is 0 Å². The molecule has 0 bridgehead atoms. The Morgan fingerprint density at radius 2 is 2.00 bits per heavy atom. The first-order valence-corrected chi connectivity index (χ1v) is 8.47. The van der Waals surface area contributed by atoms with Gasteiger partial charge in [0, 0.05) is 11.6 Å². The van der Waals surface area contributed by atoms with Crippen LogP contribution in [0.25, 0.3) is 0 Å². The van der Waals surface area contributed by atoms with Crippen molar-refractivity contribution in [1.82, 2.24) is 10.2 Å². The topological polar surface area (TPSA) is 15.3 Å². The Hall–Kier alpha value is -0.0800. The van der Waals surface area contributed by atoms with Gasteiger partial charge in [0.25, 0.3) is 0 Å². The van der Waals surface area contributed by atoms with Crippen molar-refractivity contribution in [2.24, 2.45) is 5.92 Å². The van der Waals surface area contributed by atoms with Crippen LogP contribution in [0.3, 0.4) is 0 Å². The molecule has 0 aromatic carbocycles. The Morgan fingerprint density at radius 3 is 2.53 bits per heavy atom. The molecule has 1 aliphatic rings. The minimum Gasteiger partial charge on any atom is -0.312 e. The molecule has 0 aromatic heterocycles. The van der Waals surface area contributed by atoms with E-state index in [1.807, 2.05) is 0 Å². The van der Waals surface area contributed by atoms with Crippen LogP contribution in [0, 0.1) is 5.92 Å². The van der Waals surface area contributed by atoms with Crippen molar-refractivity contribution >= 4 is 0 Å². The minimum atomic E-state index is 0.391. The molecule has 114 valence electrons. The van der Waals surface area contributed by atoms with E-state index in [9.17, 15) is 0 Å². The van der Waals surface area contributed by atoms with Gasteiger partial charge in [-0.15, -0.1) is 0 Å². The van der Waals surface area contributed by atoms with Gasteiger partial charge in [-0.25, -0.2) is 0 Å². The van der Waals surface area contributed by atoms with E-state index in [0.717, 1.165) is 5.92 Å². The molecule has 2 nitrogen and oxygen atoms in total. The molecule has 0 amide bonds. The van der Waals surface area contributed by atoms with Crippen LogP contribution in [0.15, 0.2) is 0 Å². The molecule has 1 rings (SSSR count). The van der Waals surface area contributed by atoms with Gasteiger partial charge in [0.2, 0.25) is 0 Å². The van der Waals surface area contributed by atoms with E-state index in [0.29, 0.717) is 11.6 Å². The lowest BCUT2D eigenvalue weighted by Crippen LogP contribution is -2.61. The lowest BCUT2D eigenvalue weighted by Gasteiger charge is -2.50. The van der Waals surface area contributed by atoms with Gasteiger partial charge < -0.3 is 10.2 Å². The van der Waals surface area contributed by atoms with E-state index in [1.165, 1.54) is 57.9 Å². The molecule has 1 aliphatic carbocycles. The quantitative estimate of drug-likeness (QED) is 0.714. The fraction of sp³-hybridized carbons (Fsp3) is 1.00. The second-order valence-corrected chi connectivity index (χ2v) is 6.85. The lowest BCUT2D eigenvalue weighted by molar-refractivity contribution is 0.0336. The third-order valence-electron chi connectivity index (χ3n) is 5.03. The van der Waals surface area contributed by atoms with Gasteiger partial charge in [0.15, 0.2) is 0 Å². The summed E-state index contributed by atoms with van der Waals surface area (Å²) in [6, 6.07) is 0.671. The summed E-state index contributed by atoms with van der Waals surface area (Å²) in [6.45, 7) is 8.19. The second kappa shape index (κ2) is 8.26. The summed E-state index contributed by atoms with van der Waals surface area (Å²) in [4.78, 5) is 2.53. The normalized spacial score (nSPS) is 29.7. The lowest BCUT2D eigenvalue weighted by atomic mass is 9.70. The van der Waals surface area contributed by atoms with Gasteiger partial charge in [-0.3, -0.25) is 0 Å². The summed E-state index contributed by atoms with van der Waals surface area (Å²) < 4.78 is 0. The molecular formula is C17H36N2. The van der Waals surface area contributed by atoms with E-state index in [1.54, 1.807) is 0 Å². The largest absolute Gasteiger partial charge is 0.312 e. The fourth-order valence-corrected chi connectivity index (χ4v) is 3.89. The van der Waals surface area contributed by atoms with Crippen LogP contribution < -0.4 is 5.32 Å². The first-order chi connectivity index (χ1) is 9.06. The van der Waals surface area contributed by atoms with E-state index >= 15 is 0 Å². The maximum Gasteiger partial charge on any atom is 0.0358 e. The van der Waals surface area contributed by atoms with Gasteiger partial charge in [0.1, 0.15) is 0 Å². The van der Waals surface area contributed by atoms with Gasteiger partial charge >= 0.3 is 0 Å². The van der Waals surface area contributed by atoms with E-state index in [-0.39, 0.29) is 0 Å². The highest BCUT2D eigenvalue weighted by Gasteiger charge is 2.42. The number of likely N-dealkylation sites (N-methyl/N-ethyl adjacent to an activating group) is 1. The zero-order valence-electron chi connectivity index (χ0n) is 14.0. The molecule has 1 N–H and O–H groups in total. The van der Waals surface area contributed by atoms with Crippen molar-refractivity contribution < 1.29 is 0 Å². The number of hydrogen-bond donors (Lipinski definition) is 1. The molecule has 0 saturated heterocycles. The molecule has 3 unspecified atom stereocenters. The van der Waals surface area contributed by atoms with Gasteiger partial charge in [-0.05, 0) is 52.2 Å². The standard InChI is InChI=1S/C17H36N2/c1-6-8-11-16(18-13-7-2)17(19(4)5)12-9-10-15(3)14-17/h15-16,18H,6-14H2,1-5H3. The van der Waals surface area contributed by atoms with Crippen LogP contribution in [-0.2, 0) is 0 Å². The molecule has 1 saturated carbocycles. The molecule has 2 heteroatoms. The third-order valence-corrected chi connectivity index (χ3v) is 5.03. The maximum absolute atomic E-state index is 3.88. The number of rotatable bonds is 8. The van der Waals surface area contributed by atoms with Crippen LogP contribution >= 0.6 is 0 Å². The third kappa shape index (κ3) is 4.46. The monoisotopic (exact) mass is 268 g/mol. The van der Waals surface area contributed by atoms with Gasteiger partial charge in [-0.2, -0.15) is 0 Å². The predicted octanol–water partition coefficient (Wildman–Crippen LogP) is 4.06. The first-order valence-electron chi connectivity index (χ1n) is 8.47. The van der Waals surface area contributed by atoms with Crippen LogP contribution in [-0.4, -0.2) is 37.1 Å². The Bertz CT molecular complexity index is 231. The SMILES string of the molecule is CCCCC(NCCC)C1(N(C)C)CCCC(C)C1. The van der Waals surface area contributed by atoms with Crippen molar-refractivity contribution in [3.63, 3.8) is 0 Å². The Balaban J connectivity index is 2.82. The molecule has 0 spiro atoms. The fourth-order valence-electron chi connectivity index (χ4n) is 3.89. The summed E-state index contributed by atoms with van der Waals surface area (Å²) in [5.74, 6) is 0.878. The number of nitrogens with zero attached hydrogens (tertiary/aromatic N) is 1. The number of nitrogens with one attached hydrogen (secondary N) is 1. The van der Waals surface area contributed by atoms with E-state index in [2.05, 4.69) is 45.1 Å². The average molecular weight is 268 g/mol. The van der Waals surface area contributed by atoms with E-state index in [4.69, 9.17) is 0 Å². The van der Waals surface area contributed by atoms with Crippen LogP contribution in [0.4, 0.5) is 0 Å². The molecule has 3 atom stereocenters. The van der Waals surface area contributed by atoms with Crippen molar-refractivity contribution in [1.29, 1.82) is 0 Å². The number of hydrogen-bond acceptors (Lipinski definition) is 2. The molecule has 0 radical (unpaired) electrons. The summed E-state index contributed by atoms with van der Waals surface area (Å²) in [5, 5.41) is 3.88. The summed E-state index contributed by atoms with van der Waals surface area (Å²) >= 11 is 0. The van der Waals surface area contributed by atoms with Crippen molar-refractivity contribution in [3.05, 3.63) is 0 Å². The van der Waals surface area contributed by atoms with Gasteiger partial charge in [0.05, 0.1) is 0 Å². The molecule has 1 fully saturated rings. The average Bonchev–Trinajstić information content (AvgIpc) is 2.38. The van der Waals surface area contributed by atoms with Crippen molar-refractivity contribution in [3.8, 4) is 0 Å². The van der Waals surface area contributed by atoms with Crippen LogP contribution in [0.2, 0.25) is 0 Å². The van der Waals surface area contributed by atoms with Crippen molar-refractivity contribution in [2.75, 3.05) is 20.6 Å². The first kappa shape index (κ1) is 17.0. The molecule has 0 heterocycles. The molecule has 0 aliphatic heterocycles. The smallest absolute Gasteiger partial charge is 0.0358 e. The highest BCUT2D eigenvalue weighted by molar-refractivity contribution is 5.01. The zero-order chi connectivity index (χ0) is 14.3. The maximum atomic E-state index is 3.88. The summed E-state index contributed by atoms with van der Waals surface area (Å²) in [6.07, 6.45) is 10.8. The Kier molecular flexibility index (Phi) is 7.38. The highest BCUT2D eigenvalue weighted by atomic mass is 15.2. The van der Waals surface area contributed by atoms with Crippen LogP contribution in [0.1, 0.15) is 72.1 Å². The second-order valence-electron chi connectivity index (χ2n) is 6.85. The Labute approximate surface area is 121 Å². The molecule has 19 heavy (non-hydrogen) atoms. The zero-order valence-corrected chi connectivity index (χ0v) is 14.0. The minimum absolute atomic E-state index is 0.391. The summed E-state index contributed by atoms with van der Waals surface area (Å²) in [7, 11) is 4.59. The predicted molar refractivity (Wildman–Crippen MR) is 85.7 cm³/mol. The van der Waals surface area contributed by atoms with Gasteiger partial charge in [-0.1, -0.05) is 46.5 Å². The molecular weight excluding hydrogens is 232 g/mol. The highest BCUT2D eigenvalue weighted by Crippen LogP contribution is 2.39. The van der Waals surface area contributed by atoms with E-state index < -0.39 is 0 Å². The summed E-state index contributed by atoms with van der Waals surface area (Å²) in [5.41, 5.74) is 0.391. The number of unbranched alkanes of at least 4 members (excludes halogenated alkanes) is 1. The Morgan fingerprint density at radius 1 is 1.26 bits per heavy atom. The van der Waals surface area contributed by atoms with Crippen molar-refractivity contribution in [2.45, 2.75) is 83.7 Å².